The number of amides is 1. The molecule has 0 radical (unpaired) electrons. The standard InChI is InChI=1S/C18H27N3O5S/c1-14(21-8-10-26-11-9-21)13-19-18(23)6-7-20-27(24,25)17-5-3-4-16(12-17)15(2)22/h3-5,12,14,20H,6-11,13H2,1-2H3,(H,19,23). The van der Waals surface area contributed by atoms with Crippen molar-refractivity contribution in [1.29, 1.82) is 0 Å². The number of hydrogen-bond acceptors (Lipinski definition) is 6. The zero-order valence-electron chi connectivity index (χ0n) is 15.7. The minimum Gasteiger partial charge on any atom is -0.379 e. The molecule has 1 aromatic rings. The Morgan fingerprint density at radius 2 is 1.96 bits per heavy atom. The Hall–Kier alpha value is -1.81. The molecule has 0 spiro atoms. The second-order valence-corrected chi connectivity index (χ2v) is 8.30. The number of rotatable bonds is 9. The van der Waals surface area contributed by atoms with Gasteiger partial charge in [0, 0.05) is 44.2 Å². The summed E-state index contributed by atoms with van der Waals surface area (Å²) in [6.45, 7) is 7.00. The lowest BCUT2D eigenvalue weighted by molar-refractivity contribution is -0.121. The Labute approximate surface area is 160 Å². The number of Topliss-reactive ketones (excluding diaryl/α,β-unsaturated/α-hetero) is 1. The van der Waals surface area contributed by atoms with Crippen LogP contribution in [0.3, 0.4) is 0 Å². The number of hydrogen-bond donors (Lipinski definition) is 2. The van der Waals surface area contributed by atoms with Crippen LogP contribution in [0.1, 0.15) is 30.6 Å². The van der Waals surface area contributed by atoms with Crippen molar-refractivity contribution in [3.8, 4) is 0 Å². The summed E-state index contributed by atoms with van der Waals surface area (Å²) in [6, 6.07) is 6.02. The van der Waals surface area contributed by atoms with Crippen LogP contribution in [0.4, 0.5) is 0 Å². The summed E-state index contributed by atoms with van der Waals surface area (Å²) in [4.78, 5) is 25.6. The lowest BCUT2D eigenvalue weighted by Crippen LogP contribution is -2.47. The zero-order valence-corrected chi connectivity index (χ0v) is 16.5. The summed E-state index contributed by atoms with van der Waals surface area (Å²) >= 11 is 0. The average Bonchev–Trinajstić information content (AvgIpc) is 2.66. The van der Waals surface area contributed by atoms with Crippen molar-refractivity contribution in [1.82, 2.24) is 14.9 Å². The average molecular weight is 397 g/mol. The van der Waals surface area contributed by atoms with Crippen molar-refractivity contribution >= 4 is 21.7 Å². The number of nitrogens with zero attached hydrogens (tertiary/aromatic N) is 1. The van der Waals surface area contributed by atoms with Gasteiger partial charge in [-0.25, -0.2) is 13.1 Å². The van der Waals surface area contributed by atoms with Gasteiger partial charge in [-0.1, -0.05) is 12.1 Å². The molecule has 0 aromatic heterocycles. The van der Waals surface area contributed by atoms with E-state index in [-0.39, 0.29) is 35.6 Å². The number of morpholine rings is 1. The first-order valence-electron chi connectivity index (χ1n) is 8.99. The topological polar surface area (TPSA) is 105 Å². The van der Waals surface area contributed by atoms with Crippen LogP contribution in [0.2, 0.25) is 0 Å². The van der Waals surface area contributed by atoms with E-state index in [4.69, 9.17) is 4.74 Å². The SMILES string of the molecule is CC(=O)c1cccc(S(=O)(=O)NCCC(=O)NCC(C)N2CCOCC2)c1. The third-order valence-corrected chi connectivity index (χ3v) is 5.92. The van der Waals surface area contributed by atoms with E-state index in [1.807, 2.05) is 6.92 Å². The maximum Gasteiger partial charge on any atom is 0.240 e. The molecule has 1 atom stereocenters. The van der Waals surface area contributed by atoms with Gasteiger partial charge in [-0.3, -0.25) is 14.5 Å². The van der Waals surface area contributed by atoms with Crippen LogP contribution in [-0.2, 0) is 19.6 Å². The second-order valence-electron chi connectivity index (χ2n) is 6.53. The maximum absolute atomic E-state index is 12.3. The van der Waals surface area contributed by atoms with Gasteiger partial charge in [0.15, 0.2) is 5.78 Å². The summed E-state index contributed by atoms with van der Waals surface area (Å²) in [7, 11) is -3.76. The van der Waals surface area contributed by atoms with Crippen molar-refractivity contribution in [3.05, 3.63) is 29.8 Å². The van der Waals surface area contributed by atoms with Gasteiger partial charge < -0.3 is 10.1 Å². The van der Waals surface area contributed by atoms with Gasteiger partial charge in [0.25, 0.3) is 0 Å². The first-order chi connectivity index (χ1) is 12.8. The zero-order chi connectivity index (χ0) is 19.9. The van der Waals surface area contributed by atoms with Crippen LogP contribution >= 0.6 is 0 Å². The molecular weight excluding hydrogens is 370 g/mol. The van der Waals surface area contributed by atoms with E-state index in [9.17, 15) is 18.0 Å². The Kier molecular flexibility index (Phi) is 7.91. The number of ether oxygens (including phenoxy) is 1. The molecule has 2 rings (SSSR count). The quantitative estimate of drug-likeness (QED) is 0.584. The van der Waals surface area contributed by atoms with Gasteiger partial charge in [-0.2, -0.15) is 0 Å². The molecule has 27 heavy (non-hydrogen) atoms. The summed E-state index contributed by atoms with van der Waals surface area (Å²) < 4.78 is 32.3. The fourth-order valence-corrected chi connectivity index (χ4v) is 3.84. The number of carbonyl (C=O) groups is 2. The molecule has 0 saturated carbocycles. The third kappa shape index (κ3) is 6.69. The van der Waals surface area contributed by atoms with Crippen molar-refractivity contribution in [2.75, 3.05) is 39.4 Å². The molecule has 1 amide bonds. The molecule has 1 heterocycles. The summed E-state index contributed by atoms with van der Waals surface area (Å²) in [5, 5.41) is 2.83. The van der Waals surface area contributed by atoms with Crippen LogP contribution in [0.15, 0.2) is 29.2 Å². The Morgan fingerprint density at radius 1 is 1.26 bits per heavy atom. The fraction of sp³-hybridized carbons (Fsp3) is 0.556. The molecule has 1 saturated heterocycles. The molecule has 2 N–H and O–H groups in total. The van der Waals surface area contributed by atoms with Crippen LogP contribution in [-0.4, -0.2) is 70.4 Å². The summed E-state index contributed by atoms with van der Waals surface area (Å²) in [5.74, 6) is -0.420. The second kappa shape index (κ2) is 9.93. The first-order valence-corrected chi connectivity index (χ1v) is 10.5. The molecule has 1 unspecified atom stereocenters. The highest BCUT2D eigenvalue weighted by Crippen LogP contribution is 2.12. The normalized spacial score (nSPS) is 16.7. The van der Waals surface area contributed by atoms with Gasteiger partial charge in [0.2, 0.25) is 15.9 Å². The molecule has 1 fully saturated rings. The predicted octanol–water partition coefficient (Wildman–Crippen LogP) is 0.395. The van der Waals surface area contributed by atoms with Crippen molar-refractivity contribution in [2.45, 2.75) is 31.2 Å². The molecule has 9 heteroatoms. The Bertz CT molecular complexity index is 760. The summed E-state index contributed by atoms with van der Waals surface area (Å²) in [6.07, 6.45) is 0.0431. The van der Waals surface area contributed by atoms with E-state index in [1.54, 1.807) is 6.07 Å². The number of ketones is 1. The smallest absolute Gasteiger partial charge is 0.240 e. The Balaban J connectivity index is 1.76. The lowest BCUT2D eigenvalue weighted by Gasteiger charge is -2.32. The van der Waals surface area contributed by atoms with Crippen LogP contribution in [0.5, 0.6) is 0 Å². The first kappa shape index (κ1) is 21.5. The molecular formula is C18H27N3O5S. The van der Waals surface area contributed by atoms with Crippen LogP contribution < -0.4 is 10.0 Å². The van der Waals surface area contributed by atoms with E-state index in [0.29, 0.717) is 25.3 Å². The Morgan fingerprint density at radius 3 is 2.63 bits per heavy atom. The third-order valence-electron chi connectivity index (χ3n) is 4.46. The number of nitrogens with one attached hydrogen (secondary N) is 2. The van der Waals surface area contributed by atoms with Gasteiger partial charge in [0.1, 0.15) is 0 Å². The molecule has 8 nitrogen and oxygen atoms in total. The van der Waals surface area contributed by atoms with Crippen LogP contribution in [0, 0.1) is 0 Å². The highest BCUT2D eigenvalue weighted by Gasteiger charge is 2.18. The molecule has 150 valence electrons. The van der Waals surface area contributed by atoms with Gasteiger partial charge >= 0.3 is 0 Å². The van der Waals surface area contributed by atoms with Crippen molar-refractivity contribution < 1.29 is 22.7 Å². The molecule has 0 bridgehead atoms. The van der Waals surface area contributed by atoms with Gasteiger partial charge in [0.05, 0.1) is 18.1 Å². The lowest BCUT2D eigenvalue weighted by atomic mass is 10.2. The maximum atomic E-state index is 12.3. The molecule has 1 aliphatic rings. The molecule has 0 aliphatic carbocycles. The minimum absolute atomic E-state index is 0.00952. The van der Waals surface area contributed by atoms with Crippen molar-refractivity contribution in [2.24, 2.45) is 0 Å². The predicted molar refractivity (Wildman–Crippen MR) is 101 cm³/mol. The fourth-order valence-electron chi connectivity index (χ4n) is 2.76. The minimum atomic E-state index is -3.76. The van der Waals surface area contributed by atoms with Gasteiger partial charge in [-0.05, 0) is 26.0 Å². The monoisotopic (exact) mass is 397 g/mol. The highest BCUT2D eigenvalue weighted by molar-refractivity contribution is 7.89. The van der Waals surface area contributed by atoms with Gasteiger partial charge in [-0.15, -0.1) is 0 Å². The van der Waals surface area contributed by atoms with E-state index in [0.717, 1.165) is 13.1 Å². The molecule has 1 aliphatic heterocycles. The largest absolute Gasteiger partial charge is 0.379 e. The summed E-state index contributed by atoms with van der Waals surface area (Å²) in [5.41, 5.74) is 0.327. The molecule has 1 aromatic carbocycles. The number of carbonyl (C=O) groups excluding carboxylic acids is 2. The van der Waals surface area contributed by atoms with E-state index < -0.39 is 10.0 Å². The van der Waals surface area contributed by atoms with E-state index in [2.05, 4.69) is 14.9 Å². The highest BCUT2D eigenvalue weighted by atomic mass is 32.2. The van der Waals surface area contributed by atoms with Crippen molar-refractivity contribution in [3.63, 3.8) is 0 Å². The number of benzene rings is 1. The number of sulfonamides is 1. The van der Waals surface area contributed by atoms with E-state index >= 15 is 0 Å². The van der Waals surface area contributed by atoms with Crippen LogP contribution in [0.25, 0.3) is 0 Å². The van der Waals surface area contributed by atoms with E-state index in [1.165, 1.54) is 25.1 Å².